The Morgan fingerprint density at radius 3 is 2.38 bits per heavy atom. The summed E-state index contributed by atoms with van der Waals surface area (Å²) in [6.45, 7) is 8.19. The fraction of sp³-hybridized carbons (Fsp3) is 0.625. The molecule has 2 rings (SSSR count). The lowest BCUT2D eigenvalue weighted by atomic mass is 10.0. The Morgan fingerprint density at radius 1 is 1.24 bits per heavy atom. The first-order valence-electron chi connectivity index (χ1n) is 7.58. The molecule has 0 atom stereocenters. The molecule has 0 amide bonds. The van der Waals surface area contributed by atoms with Gasteiger partial charge in [-0.1, -0.05) is 13.3 Å². The number of hydrogen-bond acceptors (Lipinski definition) is 3. The summed E-state index contributed by atoms with van der Waals surface area (Å²) in [7, 11) is -3.51. The number of benzene rings is 1. The van der Waals surface area contributed by atoms with Gasteiger partial charge in [0.15, 0.2) is 0 Å². The second-order valence-electron chi connectivity index (χ2n) is 6.44. The second-order valence-corrected chi connectivity index (χ2v) is 8.14. The lowest BCUT2D eigenvalue weighted by Crippen LogP contribution is -2.31. The van der Waals surface area contributed by atoms with Crippen LogP contribution in [0, 0.1) is 26.2 Å². The molecule has 0 aromatic heterocycles. The molecule has 0 bridgehead atoms. The van der Waals surface area contributed by atoms with Gasteiger partial charge in [0.2, 0.25) is 10.0 Å². The van der Waals surface area contributed by atoms with E-state index < -0.39 is 10.0 Å². The average molecular weight is 310 g/mol. The fourth-order valence-corrected chi connectivity index (χ4v) is 4.71. The van der Waals surface area contributed by atoms with Gasteiger partial charge in [-0.15, -0.1) is 0 Å². The highest BCUT2D eigenvalue weighted by molar-refractivity contribution is 7.89. The maximum Gasteiger partial charge on any atom is 0.241 e. The van der Waals surface area contributed by atoms with Crippen molar-refractivity contribution in [3.63, 3.8) is 0 Å². The van der Waals surface area contributed by atoms with Crippen molar-refractivity contribution < 1.29 is 8.42 Å². The zero-order valence-electron chi connectivity index (χ0n) is 13.4. The number of nitrogens with one attached hydrogen (secondary N) is 1. The predicted molar refractivity (Wildman–Crippen MR) is 86.8 cm³/mol. The molecular formula is C16H26N2O2S. The van der Waals surface area contributed by atoms with E-state index in [0.29, 0.717) is 22.7 Å². The smallest absolute Gasteiger partial charge is 0.241 e. The highest BCUT2D eigenvalue weighted by Gasteiger charge is 2.42. The van der Waals surface area contributed by atoms with Crippen molar-refractivity contribution in [3.05, 3.63) is 22.8 Å². The highest BCUT2D eigenvalue weighted by Crippen LogP contribution is 2.49. The summed E-state index contributed by atoms with van der Waals surface area (Å²) in [4.78, 5) is 0.354. The van der Waals surface area contributed by atoms with Crippen molar-refractivity contribution >= 4 is 15.7 Å². The van der Waals surface area contributed by atoms with Crippen LogP contribution in [0.4, 0.5) is 5.69 Å². The van der Waals surface area contributed by atoms with Crippen LogP contribution in [0.15, 0.2) is 11.0 Å². The Balaban J connectivity index is 2.28. The molecule has 3 N–H and O–H groups in total. The zero-order chi connectivity index (χ0) is 15.8. The number of nitrogen functional groups attached to an aromatic ring is 1. The molecule has 1 aromatic carbocycles. The van der Waals surface area contributed by atoms with Crippen molar-refractivity contribution in [1.82, 2.24) is 4.72 Å². The van der Waals surface area contributed by atoms with E-state index >= 15 is 0 Å². The molecule has 1 aliphatic carbocycles. The van der Waals surface area contributed by atoms with Gasteiger partial charge in [-0.3, -0.25) is 0 Å². The normalized spacial score (nSPS) is 17.0. The second kappa shape index (κ2) is 5.61. The highest BCUT2D eigenvalue weighted by atomic mass is 32.2. The number of hydrogen-bond donors (Lipinski definition) is 2. The molecular weight excluding hydrogens is 284 g/mol. The van der Waals surface area contributed by atoms with Crippen LogP contribution in [0.1, 0.15) is 49.3 Å². The first kappa shape index (κ1) is 16.3. The number of sulfonamides is 1. The number of rotatable bonds is 6. The van der Waals surface area contributed by atoms with E-state index in [1.54, 1.807) is 6.92 Å². The molecule has 4 nitrogen and oxygen atoms in total. The van der Waals surface area contributed by atoms with E-state index in [4.69, 9.17) is 5.73 Å². The third-order valence-electron chi connectivity index (χ3n) is 4.72. The Morgan fingerprint density at radius 2 is 1.86 bits per heavy atom. The quantitative estimate of drug-likeness (QED) is 0.793. The van der Waals surface area contributed by atoms with Gasteiger partial charge < -0.3 is 5.73 Å². The maximum atomic E-state index is 12.7. The third kappa shape index (κ3) is 3.24. The summed E-state index contributed by atoms with van der Waals surface area (Å²) in [5.74, 6) is 0. The summed E-state index contributed by atoms with van der Waals surface area (Å²) in [6.07, 6.45) is 4.43. The molecule has 0 saturated heterocycles. The van der Waals surface area contributed by atoms with Gasteiger partial charge in [0.1, 0.15) is 0 Å². The Bertz CT molecular complexity index is 620. The summed E-state index contributed by atoms with van der Waals surface area (Å²) in [6, 6.07) is 1.84. The van der Waals surface area contributed by atoms with Crippen LogP contribution in [-0.4, -0.2) is 15.0 Å². The van der Waals surface area contributed by atoms with Crippen LogP contribution >= 0.6 is 0 Å². The monoisotopic (exact) mass is 310 g/mol. The molecule has 0 heterocycles. The zero-order valence-corrected chi connectivity index (χ0v) is 14.2. The molecule has 0 aliphatic heterocycles. The van der Waals surface area contributed by atoms with Crippen molar-refractivity contribution in [3.8, 4) is 0 Å². The van der Waals surface area contributed by atoms with Crippen molar-refractivity contribution in [1.29, 1.82) is 0 Å². The Kier molecular flexibility index (Phi) is 4.36. The van der Waals surface area contributed by atoms with Gasteiger partial charge in [0.25, 0.3) is 0 Å². The van der Waals surface area contributed by atoms with E-state index in [9.17, 15) is 8.42 Å². The SMILES string of the molecule is CCCC1(CNS(=O)(=O)c2c(C)c(C)cc(N)c2C)CC1. The molecule has 1 saturated carbocycles. The van der Waals surface area contributed by atoms with E-state index in [-0.39, 0.29) is 5.41 Å². The lowest BCUT2D eigenvalue weighted by molar-refractivity contribution is 0.449. The minimum atomic E-state index is -3.51. The standard InChI is InChI=1S/C16H26N2O2S/c1-5-6-16(7-8-16)10-18-21(19,20)15-12(3)11(2)9-14(17)13(15)4/h9,18H,5-8,10,17H2,1-4H3. The first-order chi connectivity index (χ1) is 9.72. The molecule has 1 fully saturated rings. The van der Waals surface area contributed by atoms with Gasteiger partial charge in [-0.2, -0.15) is 0 Å². The molecule has 21 heavy (non-hydrogen) atoms. The summed E-state index contributed by atoms with van der Waals surface area (Å²) >= 11 is 0. The summed E-state index contributed by atoms with van der Waals surface area (Å²) < 4.78 is 28.2. The Labute approximate surface area is 128 Å². The largest absolute Gasteiger partial charge is 0.398 e. The van der Waals surface area contributed by atoms with E-state index in [2.05, 4.69) is 11.6 Å². The number of nitrogens with two attached hydrogens (primary N) is 1. The summed E-state index contributed by atoms with van der Waals surface area (Å²) in [5, 5.41) is 0. The molecule has 1 aliphatic rings. The molecule has 0 unspecified atom stereocenters. The van der Waals surface area contributed by atoms with Crippen LogP contribution in [0.25, 0.3) is 0 Å². The molecule has 118 valence electrons. The molecule has 0 spiro atoms. The van der Waals surface area contributed by atoms with Crippen LogP contribution < -0.4 is 10.5 Å². The minimum Gasteiger partial charge on any atom is -0.398 e. The first-order valence-corrected chi connectivity index (χ1v) is 9.07. The van der Waals surface area contributed by atoms with Gasteiger partial charge in [-0.05, 0) is 68.2 Å². The van der Waals surface area contributed by atoms with Crippen molar-refractivity contribution in [2.45, 2.75) is 58.3 Å². The predicted octanol–water partition coefficient (Wildman–Crippen LogP) is 3.05. The van der Waals surface area contributed by atoms with E-state index in [0.717, 1.165) is 36.8 Å². The topological polar surface area (TPSA) is 72.2 Å². The van der Waals surface area contributed by atoms with Crippen LogP contribution in [0.3, 0.4) is 0 Å². The van der Waals surface area contributed by atoms with Gasteiger partial charge in [0.05, 0.1) is 4.90 Å². The summed E-state index contributed by atoms with van der Waals surface area (Å²) in [5.41, 5.74) is 9.01. The van der Waals surface area contributed by atoms with Gasteiger partial charge in [-0.25, -0.2) is 13.1 Å². The van der Waals surface area contributed by atoms with Gasteiger partial charge >= 0.3 is 0 Å². The maximum absolute atomic E-state index is 12.7. The lowest BCUT2D eigenvalue weighted by Gasteiger charge is -2.19. The minimum absolute atomic E-state index is 0.193. The molecule has 1 aromatic rings. The average Bonchev–Trinajstić information content (AvgIpc) is 3.15. The van der Waals surface area contributed by atoms with Crippen LogP contribution in [0.2, 0.25) is 0 Å². The van der Waals surface area contributed by atoms with E-state index in [1.807, 2.05) is 19.9 Å². The third-order valence-corrected chi connectivity index (χ3v) is 6.40. The van der Waals surface area contributed by atoms with Crippen molar-refractivity contribution in [2.24, 2.45) is 5.41 Å². The fourth-order valence-electron chi connectivity index (χ4n) is 2.99. The van der Waals surface area contributed by atoms with E-state index in [1.165, 1.54) is 0 Å². The molecule has 5 heteroatoms. The van der Waals surface area contributed by atoms with Crippen LogP contribution in [0.5, 0.6) is 0 Å². The van der Waals surface area contributed by atoms with Crippen LogP contribution in [-0.2, 0) is 10.0 Å². The Hall–Kier alpha value is -1.07. The number of aryl methyl sites for hydroxylation is 1. The number of anilines is 1. The van der Waals surface area contributed by atoms with Crippen molar-refractivity contribution in [2.75, 3.05) is 12.3 Å². The van der Waals surface area contributed by atoms with Gasteiger partial charge in [0, 0.05) is 12.2 Å². The molecule has 0 radical (unpaired) electrons.